The van der Waals surface area contributed by atoms with Crippen LogP contribution in [0.1, 0.15) is 19.8 Å². The Kier molecular flexibility index (Phi) is 6.30. The minimum Gasteiger partial charge on any atom is -0.493 e. The highest BCUT2D eigenvalue weighted by Crippen LogP contribution is 2.30. The van der Waals surface area contributed by atoms with Crippen LogP contribution < -0.4 is 25.4 Å². The monoisotopic (exact) mass is 436 g/mol. The zero-order valence-corrected chi connectivity index (χ0v) is 18.6. The van der Waals surface area contributed by atoms with E-state index in [9.17, 15) is 9.59 Å². The molecule has 1 aliphatic rings. The molecule has 4 rings (SSSR count). The minimum atomic E-state index is -0.431. The van der Waals surface area contributed by atoms with Gasteiger partial charge in [-0.05, 0) is 43.0 Å². The Labute approximate surface area is 186 Å². The molecule has 1 aliphatic heterocycles. The van der Waals surface area contributed by atoms with Crippen LogP contribution in [0.4, 0.5) is 11.5 Å². The number of benzene rings is 2. The van der Waals surface area contributed by atoms with Crippen LogP contribution >= 0.6 is 0 Å². The smallest absolute Gasteiger partial charge is 0.350 e. The summed E-state index contributed by atoms with van der Waals surface area (Å²) < 4.78 is 11.9. The van der Waals surface area contributed by atoms with Crippen molar-refractivity contribution in [2.75, 3.05) is 37.5 Å². The number of anilines is 2. The zero-order chi connectivity index (χ0) is 22.7. The van der Waals surface area contributed by atoms with E-state index in [1.165, 1.54) is 11.7 Å². The van der Waals surface area contributed by atoms with E-state index in [-0.39, 0.29) is 12.5 Å². The first-order valence-electron chi connectivity index (χ1n) is 10.8. The maximum Gasteiger partial charge on any atom is 0.350 e. The summed E-state index contributed by atoms with van der Waals surface area (Å²) in [7, 11) is 3.08. The van der Waals surface area contributed by atoms with Gasteiger partial charge in [0, 0.05) is 30.2 Å². The number of rotatable bonds is 6. The summed E-state index contributed by atoms with van der Waals surface area (Å²) in [6, 6.07) is 12.7. The number of nitrogens with one attached hydrogen (secondary N) is 1. The molecule has 0 spiro atoms. The summed E-state index contributed by atoms with van der Waals surface area (Å²) >= 11 is 0. The number of amides is 1. The molecule has 1 saturated heterocycles. The lowest BCUT2D eigenvalue weighted by Crippen LogP contribution is -2.37. The first kappa shape index (κ1) is 21.7. The number of aromatic nitrogens is 2. The minimum absolute atomic E-state index is 0.141. The zero-order valence-electron chi connectivity index (χ0n) is 18.6. The van der Waals surface area contributed by atoms with Gasteiger partial charge in [0.1, 0.15) is 12.4 Å². The van der Waals surface area contributed by atoms with Gasteiger partial charge in [0.25, 0.3) is 0 Å². The lowest BCUT2D eigenvalue weighted by atomic mass is 9.99. The Morgan fingerprint density at radius 1 is 1.09 bits per heavy atom. The van der Waals surface area contributed by atoms with Crippen molar-refractivity contribution in [1.29, 1.82) is 0 Å². The predicted molar refractivity (Wildman–Crippen MR) is 125 cm³/mol. The summed E-state index contributed by atoms with van der Waals surface area (Å²) in [6.07, 6.45) is 2.15. The molecule has 0 bridgehead atoms. The summed E-state index contributed by atoms with van der Waals surface area (Å²) in [5.74, 6) is 2.13. The third-order valence-electron chi connectivity index (χ3n) is 5.92. The summed E-state index contributed by atoms with van der Waals surface area (Å²) in [5, 5.41) is 3.69. The first-order chi connectivity index (χ1) is 15.5. The van der Waals surface area contributed by atoms with Gasteiger partial charge in [0.2, 0.25) is 5.91 Å². The Morgan fingerprint density at radius 2 is 1.81 bits per heavy atom. The van der Waals surface area contributed by atoms with Crippen LogP contribution in [0.25, 0.3) is 10.9 Å². The molecular formula is C24H28N4O4. The second-order valence-corrected chi connectivity index (χ2v) is 8.11. The van der Waals surface area contributed by atoms with Gasteiger partial charge in [-0.15, -0.1) is 0 Å². The number of hydrogen-bond acceptors (Lipinski definition) is 6. The van der Waals surface area contributed by atoms with Crippen molar-refractivity contribution >= 4 is 28.3 Å². The maximum atomic E-state index is 12.9. The molecule has 8 heteroatoms. The van der Waals surface area contributed by atoms with Crippen molar-refractivity contribution in [2.24, 2.45) is 5.92 Å². The number of carbonyl (C=O) groups excluding carboxylic acids is 1. The number of piperidine rings is 1. The van der Waals surface area contributed by atoms with Gasteiger partial charge >= 0.3 is 5.69 Å². The van der Waals surface area contributed by atoms with E-state index < -0.39 is 5.69 Å². The predicted octanol–water partition coefficient (Wildman–Crippen LogP) is 3.29. The number of nitrogens with zero attached hydrogens (tertiary/aromatic N) is 3. The van der Waals surface area contributed by atoms with Gasteiger partial charge in [-0.2, -0.15) is 4.98 Å². The number of fused-ring (bicyclic) bond motifs is 1. The van der Waals surface area contributed by atoms with Crippen molar-refractivity contribution in [2.45, 2.75) is 26.3 Å². The van der Waals surface area contributed by atoms with Crippen molar-refractivity contribution in [3.8, 4) is 11.5 Å². The normalized spacial score (nSPS) is 14.4. The SMILES string of the molecule is COc1ccc(NC(=O)Cn2c(=O)nc(N3CCC(C)CC3)c3ccccc32)cc1OC. The first-order valence-corrected chi connectivity index (χ1v) is 10.8. The van der Waals surface area contributed by atoms with Gasteiger partial charge in [0.15, 0.2) is 11.5 Å². The molecule has 0 unspecified atom stereocenters. The van der Waals surface area contributed by atoms with E-state index in [1.54, 1.807) is 25.3 Å². The van der Waals surface area contributed by atoms with E-state index in [1.807, 2.05) is 24.3 Å². The molecule has 168 valence electrons. The van der Waals surface area contributed by atoms with Crippen LogP contribution in [-0.4, -0.2) is 42.8 Å². The molecule has 0 atom stereocenters. The van der Waals surface area contributed by atoms with Gasteiger partial charge in [0.05, 0.1) is 19.7 Å². The molecule has 0 radical (unpaired) electrons. The van der Waals surface area contributed by atoms with Crippen molar-refractivity contribution in [1.82, 2.24) is 9.55 Å². The third kappa shape index (κ3) is 4.39. The second-order valence-electron chi connectivity index (χ2n) is 8.11. The lowest BCUT2D eigenvalue weighted by Gasteiger charge is -2.32. The highest BCUT2D eigenvalue weighted by atomic mass is 16.5. The van der Waals surface area contributed by atoms with Gasteiger partial charge in [-0.3, -0.25) is 9.36 Å². The quantitative estimate of drug-likeness (QED) is 0.638. The summed E-state index contributed by atoms with van der Waals surface area (Å²) in [5.41, 5.74) is 0.820. The molecule has 0 saturated carbocycles. The number of methoxy groups -OCH3 is 2. The fourth-order valence-electron chi connectivity index (χ4n) is 4.08. The molecular weight excluding hydrogens is 408 g/mol. The van der Waals surface area contributed by atoms with E-state index in [0.717, 1.165) is 31.3 Å². The lowest BCUT2D eigenvalue weighted by molar-refractivity contribution is -0.116. The van der Waals surface area contributed by atoms with E-state index in [4.69, 9.17) is 9.47 Å². The number of para-hydroxylation sites is 1. The number of hydrogen-bond donors (Lipinski definition) is 1. The number of ether oxygens (including phenoxy) is 2. The molecule has 1 amide bonds. The Balaban J connectivity index is 1.61. The van der Waals surface area contributed by atoms with Crippen LogP contribution in [0.5, 0.6) is 11.5 Å². The van der Waals surface area contributed by atoms with Gasteiger partial charge in [-0.1, -0.05) is 19.1 Å². The molecule has 1 N–H and O–H groups in total. The van der Waals surface area contributed by atoms with Crippen LogP contribution in [0.15, 0.2) is 47.3 Å². The fraction of sp³-hybridized carbons (Fsp3) is 0.375. The van der Waals surface area contributed by atoms with Gasteiger partial charge < -0.3 is 19.7 Å². The molecule has 32 heavy (non-hydrogen) atoms. The molecule has 3 aromatic rings. The van der Waals surface area contributed by atoms with Crippen LogP contribution in [0.2, 0.25) is 0 Å². The average Bonchev–Trinajstić information content (AvgIpc) is 2.81. The molecule has 8 nitrogen and oxygen atoms in total. The largest absolute Gasteiger partial charge is 0.493 e. The summed E-state index contributed by atoms with van der Waals surface area (Å²) in [6.45, 7) is 3.86. The summed E-state index contributed by atoms with van der Waals surface area (Å²) in [4.78, 5) is 32.3. The standard InChI is InChI=1S/C24H28N4O4/c1-16-10-12-27(13-11-16)23-18-6-4-5-7-19(18)28(24(30)26-23)15-22(29)25-17-8-9-20(31-2)21(14-17)32-3/h4-9,14,16H,10-13,15H2,1-3H3,(H,25,29). The van der Waals surface area contributed by atoms with Crippen molar-refractivity contribution in [3.63, 3.8) is 0 Å². The molecule has 1 aromatic heterocycles. The molecule has 0 aliphatic carbocycles. The van der Waals surface area contributed by atoms with E-state index in [0.29, 0.717) is 34.4 Å². The maximum absolute atomic E-state index is 12.9. The Morgan fingerprint density at radius 3 is 2.53 bits per heavy atom. The number of carbonyl (C=O) groups is 1. The van der Waals surface area contributed by atoms with Crippen LogP contribution in [0, 0.1) is 5.92 Å². The topological polar surface area (TPSA) is 85.7 Å². The van der Waals surface area contributed by atoms with E-state index >= 15 is 0 Å². The van der Waals surface area contributed by atoms with Crippen molar-refractivity contribution in [3.05, 3.63) is 52.9 Å². The molecule has 1 fully saturated rings. The van der Waals surface area contributed by atoms with Crippen molar-refractivity contribution < 1.29 is 14.3 Å². The van der Waals surface area contributed by atoms with Crippen LogP contribution in [0.3, 0.4) is 0 Å². The fourth-order valence-corrected chi connectivity index (χ4v) is 4.08. The Hall–Kier alpha value is -3.55. The highest BCUT2D eigenvalue weighted by Gasteiger charge is 2.21. The average molecular weight is 437 g/mol. The molecule has 2 aromatic carbocycles. The van der Waals surface area contributed by atoms with Gasteiger partial charge in [-0.25, -0.2) is 4.79 Å². The van der Waals surface area contributed by atoms with E-state index in [2.05, 4.69) is 22.1 Å². The highest BCUT2D eigenvalue weighted by molar-refractivity contribution is 5.94. The Bertz CT molecular complexity index is 1180. The van der Waals surface area contributed by atoms with Crippen LogP contribution in [-0.2, 0) is 11.3 Å². The third-order valence-corrected chi connectivity index (χ3v) is 5.92. The molecule has 2 heterocycles. The second kappa shape index (κ2) is 9.30.